The van der Waals surface area contributed by atoms with Crippen LogP contribution in [0.3, 0.4) is 0 Å². The average Bonchev–Trinajstić information content (AvgIpc) is 2.19. The normalized spacial score (nSPS) is 11.9. The molecule has 2 N–H and O–H groups in total. The molecule has 0 aromatic heterocycles. The Morgan fingerprint density at radius 1 is 1.43 bits per heavy atom. The van der Waals surface area contributed by atoms with Gasteiger partial charge in [0.15, 0.2) is 11.6 Å². The molecule has 1 aromatic carbocycles. The van der Waals surface area contributed by atoms with Gasteiger partial charge in [-0.05, 0) is 12.1 Å². The van der Waals surface area contributed by atoms with Crippen LogP contribution in [0, 0.1) is 23.0 Å². The Labute approximate surface area is 79.7 Å². The molecule has 74 valence electrons. The van der Waals surface area contributed by atoms with Crippen LogP contribution in [-0.4, -0.2) is 12.6 Å². The van der Waals surface area contributed by atoms with Gasteiger partial charge in [-0.15, -0.1) is 0 Å². The van der Waals surface area contributed by atoms with Crippen molar-refractivity contribution in [3.63, 3.8) is 0 Å². The first-order chi connectivity index (χ1) is 6.63. The van der Waals surface area contributed by atoms with Gasteiger partial charge in [-0.2, -0.15) is 5.26 Å². The SMILES string of the molecule is N#CC(N)COc1ccc(F)c(F)c1. The maximum absolute atomic E-state index is 12.6. The molecule has 14 heavy (non-hydrogen) atoms. The number of nitrogens with zero attached hydrogens (tertiary/aromatic N) is 1. The van der Waals surface area contributed by atoms with Crippen LogP contribution in [-0.2, 0) is 0 Å². The Morgan fingerprint density at radius 2 is 2.14 bits per heavy atom. The summed E-state index contributed by atoms with van der Waals surface area (Å²) < 4.78 is 30.0. The van der Waals surface area contributed by atoms with Gasteiger partial charge in [-0.3, -0.25) is 0 Å². The zero-order valence-corrected chi connectivity index (χ0v) is 7.21. The number of hydrogen-bond acceptors (Lipinski definition) is 3. The number of hydrogen-bond donors (Lipinski definition) is 1. The molecule has 0 bridgehead atoms. The number of ether oxygens (including phenoxy) is 1. The highest BCUT2D eigenvalue weighted by Crippen LogP contribution is 2.15. The zero-order chi connectivity index (χ0) is 10.6. The lowest BCUT2D eigenvalue weighted by Gasteiger charge is -2.06. The van der Waals surface area contributed by atoms with Crippen molar-refractivity contribution in [3.05, 3.63) is 29.8 Å². The summed E-state index contributed by atoms with van der Waals surface area (Å²) in [5, 5.41) is 8.32. The van der Waals surface area contributed by atoms with Gasteiger partial charge in [-0.25, -0.2) is 8.78 Å². The molecule has 5 heteroatoms. The van der Waals surface area contributed by atoms with Gasteiger partial charge in [0, 0.05) is 6.07 Å². The molecule has 0 radical (unpaired) electrons. The van der Waals surface area contributed by atoms with E-state index in [1.807, 2.05) is 0 Å². The van der Waals surface area contributed by atoms with E-state index in [1.54, 1.807) is 6.07 Å². The maximum atomic E-state index is 12.6. The highest BCUT2D eigenvalue weighted by molar-refractivity contribution is 5.23. The molecule has 3 nitrogen and oxygen atoms in total. The van der Waals surface area contributed by atoms with Gasteiger partial charge in [0.2, 0.25) is 0 Å². The molecule has 1 atom stereocenters. The molecule has 0 aliphatic carbocycles. The molecular formula is C9H8F2N2O. The highest BCUT2D eigenvalue weighted by Gasteiger charge is 2.05. The fourth-order valence-corrected chi connectivity index (χ4v) is 0.790. The summed E-state index contributed by atoms with van der Waals surface area (Å²) >= 11 is 0. The van der Waals surface area contributed by atoms with E-state index in [0.717, 1.165) is 12.1 Å². The van der Waals surface area contributed by atoms with E-state index in [9.17, 15) is 8.78 Å². The Balaban J connectivity index is 2.61. The predicted octanol–water partition coefficient (Wildman–Crippen LogP) is 1.19. The van der Waals surface area contributed by atoms with Crippen LogP contribution in [0.4, 0.5) is 8.78 Å². The fourth-order valence-electron chi connectivity index (χ4n) is 0.790. The maximum Gasteiger partial charge on any atom is 0.162 e. The largest absolute Gasteiger partial charge is 0.491 e. The lowest BCUT2D eigenvalue weighted by Crippen LogP contribution is -2.25. The molecule has 0 fully saturated rings. The van der Waals surface area contributed by atoms with Crippen LogP contribution in [0.25, 0.3) is 0 Å². The molecular weight excluding hydrogens is 190 g/mol. The minimum atomic E-state index is -0.993. The first kappa shape index (κ1) is 10.4. The second kappa shape index (κ2) is 4.53. The molecule has 0 saturated heterocycles. The number of nitrogens with two attached hydrogens (primary N) is 1. The number of nitriles is 1. The van der Waals surface area contributed by atoms with Gasteiger partial charge in [0.1, 0.15) is 18.4 Å². The van der Waals surface area contributed by atoms with Crippen LogP contribution < -0.4 is 10.5 Å². The van der Waals surface area contributed by atoms with E-state index < -0.39 is 17.7 Å². The quantitative estimate of drug-likeness (QED) is 0.793. The molecule has 0 amide bonds. The summed E-state index contributed by atoms with van der Waals surface area (Å²) in [5.74, 6) is -1.79. The van der Waals surface area contributed by atoms with Crippen LogP contribution in [0.5, 0.6) is 5.75 Å². The monoisotopic (exact) mass is 198 g/mol. The summed E-state index contributed by atoms with van der Waals surface area (Å²) in [4.78, 5) is 0. The van der Waals surface area contributed by atoms with Crippen molar-refractivity contribution in [2.45, 2.75) is 6.04 Å². The van der Waals surface area contributed by atoms with E-state index in [-0.39, 0.29) is 12.4 Å². The second-order valence-electron chi connectivity index (χ2n) is 2.62. The Morgan fingerprint density at radius 3 is 2.71 bits per heavy atom. The topological polar surface area (TPSA) is 59.0 Å². The van der Waals surface area contributed by atoms with Crippen molar-refractivity contribution in [3.8, 4) is 11.8 Å². The van der Waals surface area contributed by atoms with Crippen molar-refractivity contribution < 1.29 is 13.5 Å². The second-order valence-corrected chi connectivity index (χ2v) is 2.62. The third-order valence-corrected chi connectivity index (χ3v) is 1.49. The first-order valence-electron chi connectivity index (χ1n) is 3.86. The minimum absolute atomic E-state index is 0.0540. The standard InChI is InChI=1S/C9H8F2N2O/c10-8-2-1-7(3-9(8)11)14-5-6(13)4-12/h1-3,6H,5,13H2. The van der Waals surface area contributed by atoms with E-state index in [0.29, 0.717) is 0 Å². The number of benzene rings is 1. The number of rotatable bonds is 3. The summed E-state index contributed by atoms with van der Waals surface area (Å²) in [7, 11) is 0. The van der Waals surface area contributed by atoms with E-state index in [4.69, 9.17) is 15.7 Å². The third kappa shape index (κ3) is 2.68. The Hall–Kier alpha value is -1.67. The van der Waals surface area contributed by atoms with Crippen LogP contribution in [0.15, 0.2) is 18.2 Å². The van der Waals surface area contributed by atoms with Crippen molar-refractivity contribution in [2.75, 3.05) is 6.61 Å². The summed E-state index contributed by atoms with van der Waals surface area (Å²) in [6.45, 7) is -0.0540. The summed E-state index contributed by atoms with van der Waals surface area (Å²) in [6.07, 6.45) is 0. The minimum Gasteiger partial charge on any atom is -0.491 e. The molecule has 1 rings (SSSR count). The van der Waals surface area contributed by atoms with Gasteiger partial charge >= 0.3 is 0 Å². The van der Waals surface area contributed by atoms with Crippen molar-refractivity contribution in [2.24, 2.45) is 5.73 Å². The molecule has 1 unspecified atom stereocenters. The highest BCUT2D eigenvalue weighted by atomic mass is 19.2. The predicted molar refractivity (Wildman–Crippen MR) is 45.4 cm³/mol. The number of halogens is 2. The van der Waals surface area contributed by atoms with E-state index >= 15 is 0 Å². The molecule has 0 spiro atoms. The first-order valence-corrected chi connectivity index (χ1v) is 3.86. The van der Waals surface area contributed by atoms with E-state index in [2.05, 4.69) is 0 Å². The van der Waals surface area contributed by atoms with Crippen LogP contribution in [0.2, 0.25) is 0 Å². The van der Waals surface area contributed by atoms with E-state index in [1.165, 1.54) is 6.07 Å². The molecule has 1 aromatic rings. The fraction of sp³-hybridized carbons (Fsp3) is 0.222. The van der Waals surface area contributed by atoms with Crippen LogP contribution >= 0.6 is 0 Å². The van der Waals surface area contributed by atoms with Crippen molar-refractivity contribution >= 4 is 0 Å². The Bertz CT molecular complexity index is 362. The van der Waals surface area contributed by atoms with Crippen molar-refractivity contribution in [1.82, 2.24) is 0 Å². The molecule has 0 saturated carbocycles. The lowest BCUT2D eigenvalue weighted by molar-refractivity contribution is 0.306. The Kier molecular flexibility index (Phi) is 3.37. The average molecular weight is 198 g/mol. The van der Waals surface area contributed by atoms with Gasteiger partial charge in [0.05, 0.1) is 6.07 Å². The molecule has 0 aliphatic rings. The van der Waals surface area contributed by atoms with Crippen molar-refractivity contribution in [1.29, 1.82) is 5.26 Å². The van der Waals surface area contributed by atoms with Gasteiger partial charge < -0.3 is 10.5 Å². The van der Waals surface area contributed by atoms with Crippen LogP contribution in [0.1, 0.15) is 0 Å². The lowest BCUT2D eigenvalue weighted by atomic mass is 10.3. The third-order valence-electron chi connectivity index (χ3n) is 1.49. The summed E-state index contributed by atoms with van der Waals surface area (Å²) in [6, 6.07) is 4.09. The van der Waals surface area contributed by atoms with Gasteiger partial charge in [0.25, 0.3) is 0 Å². The molecule has 0 heterocycles. The smallest absolute Gasteiger partial charge is 0.162 e. The molecule has 0 aliphatic heterocycles. The zero-order valence-electron chi connectivity index (χ0n) is 7.21. The summed E-state index contributed by atoms with van der Waals surface area (Å²) in [5.41, 5.74) is 5.23. The van der Waals surface area contributed by atoms with Gasteiger partial charge in [-0.1, -0.05) is 0 Å².